The van der Waals surface area contributed by atoms with E-state index in [9.17, 15) is 4.79 Å². The molecule has 2 aromatic heterocycles. The molecule has 6 heteroatoms. The Morgan fingerprint density at radius 3 is 2.71 bits per heavy atom. The Kier molecular flexibility index (Phi) is 4.06. The van der Waals surface area contributed by atoms with Gasteiger partial charge in [-0.3, -0.25) is 4.79 Å². The summed E-state index contributed by atoms with van der Waals surface area (Å²) in [7, 11) is 0. The molecular formula is C15H18N4OS. The minimum atomic E-state index is 0.200. The quantitative estimate of drug-likeness (QED) is 0.936. The first-order valence-corrected chi connectivity index (χ1v) is 7.87. The van der Waals surface area contributed by atoms with Gasteiger partial charge in [-0.2, -0.15) is 0 Å². The molecule has 0 radical (unpaired) electrons. The van der Waals surface area contributed by atoms with Crippen LogP contribution < -0.4 is 10.6 Å². The van der Waals surface area contributed by atoms with Gasteiger partial charge in [0.05, 0.1) is 12.1 Å². The lowest BCUT2D eigenvalue weighted by Crippen LogP contribution is -2.49. The lowest BCUT2D eigenvalue weighted by molar-refractivity contribution is -0.130. The molecule has 5 nitrogen and oxygen atoms in total. The van der Waals surface area contributed by atoms with Crippen LogP contribution in [0.3, 0.4) is 0 Å². The number of nitrogens with two attached hydrogens (primary N) is 1. The number of carbonyl (C=O) groups excluding carboxylic acids is 1. The second kappa shape index (κ2) is 6.13. The molecule has 110 valence electrons. The van der Waals surface area contributed by atoms with Crippen LogP contribution in [0.25, 0.3) is 0 Å². The fourth-order valence-electron chi connectivity index (χ4n) is 2.52. The Labute approximate surface area is 128 Å². The second-order valence-electron chi connectivity index (χ2n) is 5.04. The number of nitrogen functional groups attached to an aromatic ring is 1. The summed E-state index contributed by atoms with van der Waals surface area (Å²) in [5.41, 5.74) is 6.64. The lowest BCUT2D eigenvalue weighted by atomic mass is 10.2. The molecule has 1 saturated heterocycles. The minimum Gasteiger partial charge on any atom is -0.396 e. The van der Waals surface area contributed by atoms with Crippen molar-refractivity contribution in [3.05, 3.63) is 40.7 Å². The average Bonchev–Trinajstić information content (AvgIpc) is 3.01. The summed E-state index contributed by atoms with van der Waals surface area (Å²) in [5, 5.41) is 2.00. The van der Waals surface area contributed by atoms with Crippen molar-refractivity contribution < 1.29 is 4.79 Å². The van der Waals surface area contributed by atoms with E-state index in [0.29, 0.717) is 12.1 Å². The van der Waals surface area contributed by atoms with Crippen LogP contribution in [0, 0.1) is 0 Å². The van der Waals surface area contributed by atoms with Gasteiger partial charge in [-0.15, -0.1) is 11.3 Å². The summed E-state index contributed by atoms with van der Waals surface area (Å²) in [6.45, 7) is 3.00. The first kappa shape index (κ1) is 13.9. The Hall–Kier alpha value is -2.08. The third-order valence-electron chi connectivity index (χ3n) is 3.65. The summed E-state index contributed by atoms with van der Waals surface area (Å²) < 4.78 is 0. The normalized spacial score (nSPS) is 15.2. The summed E-state index contributed by atoms with van der Waals surface area (Å²) >= 11 is 1.63. The van der Waals surface area contributed by atoms with Gasteiger partial charge in [-0.1, -0.05) is 6.07 Å². The van der Waals surface area contributed by atoms with Crippen molar-refractivity contribution >= 4 is 28.7 Å². The van der Waals surface area contributed by atoms with Gasteiger partial charge in [0.1, 0.15) is 0 Å². The predicted molar refractivity (Wildman–Crippen MR) is 85.5 cm³/mol. The third kappa shape index (κ3) is 3.16. The van der Waals surface area contributed by atoms with Crippen molar-refractivity contribution in [2.45, 2.75) is 6.42 Å². The number of hydrogen-bond donors (Lipinski definition) is 1. The number of anilines is 2. The number of piperazine rings is 1. The van der Waals surface area contributed by atoms with E-state index in [2.05, 4.69) is 9.88 Å². The largest absolute Gasteiger partial charge is 0.396 e. The standard InChI is InChI=1S/C15H18N4OS/c16-13-4-1-5-17-15(13)19-8-6-18(7-9-19)14(20)11-12-3-2-10-21-12/h1-5,10H,6-9,11,16H2. The highest BCUT2D eigenvalue weighted by Crippen LogP contribution is 2.21. The molecule has 0 unspecified atom stereocenters. The number of aromatic nitrogens is 1. The maximum absolute atomic E-state index is 12.2. The summed E-state index contributed by atoms with van der Waals surface area (Å²) in [4.78, 5) is 21.8. The van der Waals surface area contributed by atoms with Gasteiger partial charge in [-0.25, -0.2) is 4.98 Å². The van der Waals surface area contributed by atoms with Crippen molar-refractivity contribution in [2.75, 3.05) is 36.8 Å². The van der Waals surface area contributed by atoms with Gasteiger partial charge in [-0.05, 0) is 23.6 Å². The van der Waals surface area contributed by atoms with Crippen LogP contribution in [0.5, 0.6) is 0 Å². The first-order valence-electron chi connectivity index (χ1n) is 6.99. The van der Waals surface area contributed by atoms with Crippen molar-refractivity contribution in [1.82, 2.24) is 9.88 Å². The van der Waals surface area contributed by atoms with Crippen LogP contribution in [0.2, 0.25) is 0 Å². The van der Waals surface area contributed by atoms with Crippen LogP contribution in [0.1, 0.15) is 4.88 Å². The second-order valence-corrected chi connectivity index (χ2v) is 6.07. The van der Waals surface area contributed by atoms with E-state index in [1.165, 1.54) is 0 Å². The molecule has 3 heterocycles. The zero-order chi connectivity index (χ0) is 14.7. The molecule has 0 aromatic carbocycles. The van der Waals surface area contributed by atoms with Crippen LogP contribution in [0.4, 0.5) is 11.5 Å². The predicted octanol–water partition coefficient (Wildman–Crippen LogP) is 1.62. The minimum absolute atomic E-state index is 0.200. The molecule has 1 aliphatic heterocycles. The topological polar surface area (TPSA) is 62.5 Å². The number of nitrogens with zero attached hydrogens (tertiary/aromatic N) is 3. The van der Waals surface area contributed by atoms with Gasteiger partial charge < -0.3 is 15.5 Å². The highest BCUT2D eigenvalue weighted by atomic mass is 32.1. The van der Waals surface area contributed by atoms with E-state index in [1.807, 2.05) is 34.5 Å². The van der Waals surface area contributed by atoms with Gasteiger partial charge >= 0.3 is 0 Å². The smallest absolute Gasteiger partial charge is 0.227 e. The molecule has 3 rings (SSSR count). The third-order valence-corrected chi connectivity index (χ3v) is 4.53. The number of thiophene rings is 1. The number of hydrogen-bond acceptors (Lipinski definition) is 5. The molecule has 0 bridgehead atoms. The SMILES string of the molecule is Nc1cccnc1N1CCN(C(=O)Cc2cccs2)CC1. The summed E-state index contributed by atoms with van der Waals surface area (Å²) in [5.74, 6) is 1.02. The van der Waals surface area contributed by atoms with E-state index in [4.69, 9.17) is 5.73 Å². The van der Waals surface area contributed by atoms with Crippen LogP contribution in [-0.4, -0.2) is 42.0 Å². The van der Waals surface area contributed by atoms with E-state index in [-0.39, 0.29) is 5.91 Å². The molecule has 21 heavy (non-hydrogen) atoms. The molecule has 1 fully saturated rings. The van der Waals surface area contributed by atoms with Crippen LogP contribution >= 0.6 is 11.3 Å². The van der Waals surface area contributed by atoms with E-state index in [1.54, 1.807) is 17.5 Å². The highest BCUT2D eigenvalue weighted by Gasteiger charge is 2.22. The van der Waals surface area contributed by atoms with Crippen molar-refractivity contribution in [3.63, 3.8) is 0 Å². The fraction of sp³-hybridized carbons (Fsp3) is 0.333. The van der Waals surface area contributed by atoms with Crippen molar-refractivity contribution in [3.8, 4) is 0 Å². The van der Waals surface area contributed by atoms with Gasteiger partial charge in [0.2, 0.25) is 5.91 Å². The molecule has 2 aromatic rings. The Morgan fingerprint density at radius 1 is 1.24 bits per heavy atom. The van der Waals surface area contributed by atoms with E-state index >= 15 is 0 Å². The zero-order valence-electron chi connectivity index (χ0n) is 11.7. The Morgan fingerprint density at radius 2 is 2.05 bits per heavy atom. The molecule has 1 amide bonds. The zero-order valence-corrected chi connectivity index (χ0v) is 12.6. The van der Waals surface area contributed by atoms with E-state index < -0.39 is 0 Å². The lowest BCUT2D eigenvalue weighted by Gasteiger charge is -2.35. The maximum atomic E-state index is 12.2. The van der Waals surface area contributed by atoms with Crippen LogP contribution in [-0.2, 0) is 11.2 Å². The first-order chi connectivity index (χ1) is 10.2. The number of pyridine rings is 1. The molecule has 0 atom stereocenters. The summed E-state index contributed by atoms with van der Waals surface area (Å²) in [6.07, 6.45) is 2.25. The average molecular weight is 302 g/mol. The summed E-state index contributed by atoms with van der Waals surface area (Å²) in [6, 6.07) is 7.68. The molecule has 1 aliphatic rings. The molecule has 2 N–H and O–H groups in total. The number of carbonyl (C=O) groups is 1. The van der Waals surface area contributed by atoms with Gasteiger partial charge in [0.15, 0.2) is 5.82 Å². The Balaban J connectivity index is 1.58. The number of rotatable bonds is 3. The molecular weight excluding hydrogens is 284 g/mol. The van der Waals surface area contributed by atoms with Crippen LogP contribution in [0.15, 0.2) is 35.8 Å². The van der Waals surface area contributed by atoms with E-state index in [0.717, 1.165) is 36.9 Å². The molecule has 0 spiro atoms. The fourth-order valence-corrected chi connectivity index (χ4v) is 3.21. The van der Waals surface area contributed by atoms with Crippen molar-refractivity contribution in [1.29, 1.82) is 0 Å². The monoisotopic (exact) mass is 302 g/mol. The number of amides is 1. The van der Waals surface area contributed by atoms with Crippen molar-refractivity contribution in [2.24, 2.45) is 0 Å². The maximum Gasteiger partial charge on any atom is 0.227 e. The van der Waals surface area contributed by atoms with Gasteiger partial charge in [0, 0.05) is 37.3 Å². The molecule has 0 aliphatic carbocycles. The molecule has 0 saturated carbocycles. The Bertz CT molecular complexity index is 606. The van der Waals surface area contributed by atoms with Gasteiger partial charge in [0.25, 0.3) is 0 Å². The highest BCUT2D eigenvalue weighted by molar-refractivity contribution is 7.10.